The molecule has 0 radical (unpaired) electrons. The first kappa shape index (κ1) is 23.5. The Morgan fingerprint density at radius 1 is 1.35 bits per heavy atom. The first-order valence-electron chi connectivity index (χ1n) is 9.80. The van der Waals surface area contributed by atoms with Crippen LogP contribution in [0.1, 0.15) is 61.2 Å². The fourth-order valence-electron chi connectivity index (χ4n) is 3.99. The molecule has 0 bridgehead atoms. The summed E-state index contributed by atoms with van der Waals surface area (Å²) in [6, 6.07) is 0.661. The molecule has 0 saturated carbocycles. The van der Waals surface area contributed by atoms with E-state index >= 15 is 0 Å². The SMILES string of the molecule is Cc1ccc(F)c(C(C)[C@H](NS(=O)(=O)N2CCC(F)(F)CC2C)c2n[nH]c(=O)o2)c1C. The summed E-state index contributed by atoms with van der Waals surface area (Å²) in [5.74, 6) is -5.52. The molecule has 2 unspecified atom stereocenters. The van der Waals surface area contributed by atoms with E-state index in [1.807, 2.05) is 0 Å². The predicted octanol–water partition coefficient (Wildman–Crippen LogP) is 2.92. The summed E-state index contributed by atoms with van der Waals surface area (Å²) < 4.78 is 76.5. The van der Waals surface area contributed by atoms with Crippen LogP contribution in [0.4, 0.5) is 13.2 Å². The third-order valence-corrected chi connectivity index (χ3v) is 7.49. The summed E-state index contributed by atoms with van der Waals surface area (Å²) in [6.45, 7) is 6.07. The van der Waals surface area contributed by atoms with Gasteiger partial charge >= 0.3 is 5.76 Å². The van der Waals surface area contributed by atoms with Gasteiger partial charge < -0.3 is 4.42 Å². The fourth-order valence-corrected chi connectivity index (χ4v) is 5.63. The van der Waals surface area contributed by atoms with Gasteiger partial charge in [0.2, 0.25) is 5.89 Å². The van der Waals surface area contributed by atoms with Gasteiger partial charge in [0.05, 0.1) is 0 Å². The van der Waals surface area contributed by atoms with E-state index in [-0.39, 0.29) is 18.0 Å². The highest BCUT2D eigenvalue weighted by molar-refractivity contribution is 7.87. The second-order valence-corrected chi connectivity index (χ2v) is 9.67. The van der Waals surface area contributed by atoms with E-state index in [9.17, 15) is 26.4 Å². The zero-order chi connectivity index (χ0) is 23.1. The van der Waals surface area contributed by atoms with Crippen molar-refractivity contribution in [2.45, 2.75) is 64.5 Å². The molecule has 172 valence electrons. The third kappa shape index (κ3) is 4.85. The van der Waals surface area contributed by atoms with Gasteiger partial charge in [-0.1, -0.05) is 13.0 Å². The Hall–Kier alpha value is -2.18. The highest BCUT2D eigenvalue weighted by Gasteiger charge is 2.44. The van der Waals surface area contributed by atoms with E-state index < -0.39 is 58.5 Å². The first-order chi connectivity index (χ1) is 14.3. The second-order valence-electron chi connectivity index (χ2n) is 8.01. The summed E-state index contributed by atoms with van der Waals surface area (Å²) in [4.78, 5) is 11.5. The van der Waals surface area contributed by atoms with Crippen molar-refractivity contribution in [3.05, 3.63) is 51.1 Å². The van der Waals surface area contributed by atoms with Crippen LogP contribution in [0.5, 0.6) is 0 Å². The summed E-state index contributed by atoms with van der Waals surface area (Å²) in [5.41, 5.74) is 1.64. The normalized spacial score (nSPS) is 21.7. The van der Waals surface area contributed by atoms with Gasteiger partial charge in [-0.15, -0.1) is 5.10 Å². The smallest absolute Gasteiger partial charge is 0.391 e. The fraction of sp³-hybridized carbons (Fsp3) is 0.579. The van der Waals surface area contributed by atoms with Crippen LogP contribution in [0, 0.1) is 19.7 Å². The molecule has 2 heterocycles. The van der Waals surface area contributed by atoms with Crippen molar-refractivity contribution in [1.82, 2.24) is 19.2 Å². The number of hydrogen-bond donors (Lipinski definition) is 2. The van der Waals surface area contributed by atoms with Gasteiger partial charge in [0, 0.05) is 31.3 Å². The molecular weight excluding hydrogens is 437 g/mol. The molecule has 2 aromatic rings. The van der Waals surface area contributed by atoms with E-state index in [4.69, 9.17) is 4.42 Å². The number of halogens is 3. The molecule has 0 spiro atoms. The molecule has 8 nitrogen and oxygen atoms in total. The minimum atomic E-state index is -4.30. The Morgan fingerprint density at radius 2 is 2.03 bits per heavy atom. The van der Waals surface area contributed by atoms with Crippen LogP contribution in [0.2, 0.25) is 0 Å². The van der Waals surface area contributed by atoms with Gasteiger partial charge in [-0.05, 0) is 43.5 Å². The van der Waals surface area contributed by atoms with Gasteiger partial charge in [-0.2, -0.15) is 17.4 Å². The minimum Gasteiger partial charge on any atom is -0.391 e. The van der Waals surface area contributed by atoms with Crippen molar-refractivity contribution in [2.24, 2.45) is 0 Å². The number of piperidine rings is 1. The molecule has 1 fully saturated rings. The Labute approximate surface area is 178 Å². The molecule has 31 heavy (non-hydrogen) atoms. The maximum Gasteiger partial charge on any atom is 0.434 e. The quantitative estimate of drug-likeness (QED) is 0.686. The lowest BCUT2D eigenvalue weighted by atomic mass is 9.88. The number of aromatic amines is 1. The zero-order valence-corrected chi connectivity index (χ0v) is 18.4. The Bertz CT molecular complexity index is 1120. The Kier molecular flexibility index (Phi) is 6.36. The number of benzene rings is 1. The molecule has 0 amide bonds. The number of aryl methyl sites for hydroxylation is 1. The van der Waals surface area contributed by atoms with Crippen LogP contribution >= 0.6 is 0 Å². The van der Waals surface area contributed by atoms with Crippen molar-refractivity contribution in [3.63, 3.8) is 0 Å². The zero-order valence-electron chi connectivity index (χ0n) is 17.6. The topological polar surface area (TPSA) is 108 Å². The molecule has 12 heteroatoms. The Balaban J connectivity index is 2.00. The minimum absolute atomic E-state index is 0.233. The monoisotopic (exact) mass is 462 g/mol. The van der Waals surface area contributed by atoms with E-state index in [2.05, 4.69) is 14.9 Å². The van der Waals surface area contributed by atoms with Crippen molar-refractivity contribution >= 4 is 10.2 Å². The standard InChI is InChI=1S/C19H25F3N4O4S/c1-10-5-6-14(20)15(12(10)3)13(4)16(17-23-24-18(27)30-17)25-31(28,29)26-8-7-19(21,22)9-11(26)2/h5-6,11,13,16,25H,7-9H2,1-4H3,(H,24,27)/t11?,13?,16-/m0/s1. The van der Waals surface area contributed by atoms with Gasteiger partial charge in [-0.25, -0.2) is 23.1 Å². The number of H-pyrrole nitrogens is 1. The van der Waals surface area contributed by atoms with Crippen molar-refractivity contribution < 1.29 is 26.0 Å². The summed E-state index contributed by atoms with van der Waals surface area (Å²) in [6.07, 6.45) is -1.22. The van der Waals surface area contributed by atoms with Crippen LogP contribution in [0.25, 0.3) is 0 Å². The molecule has 2 N–H and O–H groups in total. The highest BCUT2D eigenvalue weighted by atomic mass is 32.2. The van der Waals surface area contributed by atoms with Crippen LogP contribution < -0.4 is 10.5 Å². The number of hydrogen-bond acceptors (Lipinski definition) is 5. The molecule has 1 aromatic heterocycles. The number of rotatable bonds is 6. The van der Waals surface area contributed by atoms with E-state index in [0.717, 1.165) is 9.87 Å². The van der Waals surface area contributed by atoms with Gasteiger partial charge in [0.15, 0.2) is 0 Å². The average Bonchev–Trinajstić information content (AvgIpc) is 3.08. The summed E-state index contributed by atoms with van der Waals surface area (Å²) >= 11 is 0. The predicted molar refractivity (Wildman–Crippen MR) is 107 cm³/mol. The number of alkyl halides is 2. The molecule has 1 saturated heterocycles. The molecule has 3 rings (SSSR count). The molecule has 0 aliphatic carbocycles. The second kappa shape index (κ2) is 8.40. The summed E-state index contributed by atoms with van der Waals surface area (Å²) in [7, 11) is -4.30. The molecule has 1 aliphatic heterocycles. The lowest BCUT2D eigenvalue weighted by molar-refractivity contribution is -0.0569. The number of nitrogens with zero attached hydrogens (tertiary/aromatic N) is 2. The van der Waals surface area contributed by atoms with Gasteiger partial charge in [0.1, 0.15) is 11.9 Å². The van der Waals surface area contributed by atoms with Crippen LogP contribution in [-0.2, 0) is 10.2 Å². The van der Waals surface area contributed by atoms with E-state index in [1.54, 1.807) is 26.8 Å². The van der Waals surface area contributed by atoms with Gasteiger partial charge in [-0.3, -0.25) is 0 Å². The van der Waals surface area contributed by atoms with Crippen LogP contribution in [0.3, 0.4) is 0 Å². The van der Waals surface area contributed by atoms with Crippen molar-refractivity contribution in [1.29, 1.82) is 0 Å². The molecule has 3 atom stereocenters. The van der Waals surface area contributed by atoms with E-state index in [1.165, 1.54) is 13.0 Å². The van der Waals surface area contributed by atoms with Crippen molar-refractivity contribution in [3.8, 4) is 0 Å². The average molecular weight is 462 g/mol. The largest absolute Gasteiger partial charge is 0.434 e. The maximum absolute atomic E-state index is 14.7. The summed E-state index contributed by atoms with van der Waals surface area (Å²) in [5, 5.41) is 5.79. The number of aromatic nitrogens is 2. The maximum atomic E-state index is 14.7. The Morgan fingerprint density at radius 3 is 2.61 bits per heavy atom. The van der Waals surface area contributed by atoms with Crippen LogP contribution in [0.15, 0.2) is 21.3 Å². The van der Waals surface area contributed by atoms with E-state index in [0.29, 0.717) is 5.56 Å². The first-order valence-corrected chi connectivity index (χ1v) is 11.2. The number of nitrogens with one attached hydrogen (secondary N) is 2. The van der Waals surface area contributed by atoms with Crippen molar-refractivity contribution in [2.75, 3.05) is 6.54 Å². The molecule has 1 aliphatic rings. The third-order valence-electron chi connectivity index (χ3n) is 5.78. The lowest BCUT2D eigenvalue weighted by Gasteiger charge is -2.37. The van der Waals surface area contributed by atoms with Gasteiger partial charge in [0.25, 0.3) is 16.1 Å². The van der Waals surface area contributed by atoms with Crippen LogP contribution in [-0.4, -0.2) is 41.4 Å². The lowest BCUT2D eigenvalue weighted by Crippen LogP contribution is -2.53. The highest BCUT2D eigenvalue weighted by Crippen LogP contribution is 2.37. The molecule has 1 aromatic carbocycles. The molecular formula is C19H25F3N4O4S.